The van der Waals surface area contributed by atoms with E-state index in [2.05, 4.69) is 0 Å². The summed E-state index contributed by atoms with van der Waals surface area (Å²) >= 11 is 6.05. The molecule has 1 aliphatic rings. The maximum atomic E-state index is 14.1. The van der Waals surface area contributed by atoms with Crippen molar-refractivity contribution in [1.82, 2.24) is 4.90 Å². The van der Waals surface area contributed by atoms with Gasteiger partial charge in [0.2, 0.25) is 0 Å². The van der Waals surface area contributed by atoms with Gasteiger partial charge >= 0.3 is 0 Å². The largest absolute Gasteiger partial charge is 0.497 e. The topological polar surface area (TPSA) is 38.8 Å². The maximum Gasteiger partial charge on any atom is 0.258 e. The van der Waals surface area contributed by atoms with Gasteiger partial charge in [-0.1, -0.05) is 29.8 Å². The summed E-state index contributed by atoms with van der Waals surface area (Å²) in [5.74, 6) is -0.284. The summed E-state index contributed by atoms with van der Waals surface area (Å²) in [7, 11) is 1.60. The molecule has 2 unspecified atom stereocenters. The second-order valence-electron chi connectivity index (χ2n) is 6.00. The number of hydrogen-bond donors (Lipinski definition) is 0. The molecule has 0 aromatic heterocycles. The van der Waals surface area contributed by atoms with Crippen LogP contribution in [0.25, 0.3) is 0 Å². The molecule has 0 bridgehead atoms. The van der Waals surface area contributed by atoms with Crippen LogP contribution in [0.3, 0.4) is 0 Å². The molecule has 6 heteroatoms. The number of amides is 1. The Morgan fingerprint density at radius 2 is 2.00 bits per heavy atom. The molecule has 1 heterocycles. The number of methoxy groups -OCH3 is 1. The number of carbonyl (C=O) groups is 1. The van der Waals surface area contributed by atoms with Crippen molar-refractivity contribution < 1.29 is 18.7 Å². The predicted octanol–water partition coefficient (Wildman–Crippen LogP) is 4.09. The van der Waals surface area contributed by atoms with Crippen molar-refractivity contribution in [3.63, 3.8) is 0 Å². The normalized spacial score (nSPS) is 20.4. The lowest BCUT2D eigenvalue weighted by Gasteiger charge is -2.38. The third-order valence-electron chi connectivity index (χ3n) is 4.36. The van der Waals surface area contributed by atoms with E-state index in [1.165, 1.54) is 18.2 Å². The lowest BCUT2D eigenvalue weighted by molar-refractivity contribution is -0.0488. The number of hydrogen-bond acceptors (Lipinski definition) is 3. The third-order valence-corrected chi connectivity index (χ3v) is 4.67. The summed E-state index contributed by atoms with van der Waals surface area (Å²) in [5, 5.41) is 0.115. The smallest absolute Gasteiger partial charge is 0.258 e. The Kier molecular flexibility index (Phi) is 5.25. The number of rotatable bonds is 3. The molecule has 1 fully saturated rings. The van der Waals surface area contributed by atoms with Gasteiger partial charge in [-0.2, -0.15) is 0 Å². The molecule has 1 amide bonds. The van der Waals surface area contributed by atoms with E-state index in [1.807, 2.05) is 31.2 Å². The van der Waals surface area contributed by atoms with Gasteiger partial charge in [0.05, 0.1) is 36.9 Å². The van der Waals surface area contributed by atoms with Crippen molar-refractivity contribution in [3.05, 3.63) is 64.4 Å². The minimum Gasteiger partial charge on any atom is -0.497 e. The molecule has 2 aromatic rings. The zero-order chi connectivity index (χ0) is 18.0. The predicted molar refractivity (Wildman–Crippen MR) is 93.6 cm³/mol. The third kappa shape index (κ3) is 3.62. The van der Waals surface area contributed by atoms with Crippen molar-refractivity contribution >= 4 is 17.5 Å². The Labute approximate surface area is 151 Å². The first-order valence-electron chi connectivity index (χ1n) is 8.01. The lowest BCUT2D eigenvalue weighted by atomic mass is 10.0. The van der Waals surface area contributed by atoms with Crippen LogP contribution in [0.15, 0.2) is 42.5 Å². The summed E-state index contributed by atoms with van der Waals surface area (Å²) in [6, 6.07) is 11.6. The van der Waals surface area contributed by atoms with E-state index < -0.39 is 11.7 Å². The summed E-state index contributed by atoms with van der Waals surface area (Å²) in [6.07, 6.45) is -0.281. The van der Waals surface area contributed by atoms with E-state index in [0.29, 0.717) is 13.2 Å². The molecule has 0 aliphatic carbocycles. The first-order chi connectivity index (χ1) is 12.0. The minimum atomic E-state index is -0.614. The average Bonchev–Trinajstić information content (AvgIpc) is 2.62. The fourth-order valence-corrected chi connectivity index (χ4v) is 3.15. The van der Waals surface area contributed by atoms with Crippen molar-refractivity contribution in [1.29, 1.82) is 0 Å². The van der Waals surface area contributed by atoms with Gasteiger partial charge in [-0.3, -0.25) is 4.79 Å². The molecule has 3 rings (SSSR count). The fourth-order valence-electron chi connectivity index (χ4n) is 2.91. The van der Waals surface area contributed by atoms with Crippen LogP contribution in [0.2, 0.25) is 5.02 Å². The van der Waals surface area contributed by atoms with Gasteiger partial charge in [0, 0.05) is 0 Å². The van der Waals surface area contributed by atoms with Gasteiger partial charge in [-0.15, -0.1) is 0 Å². The molecule has 0 spiro atoms. The second-order valence-corrected chi connectivity index (χ2v) is 6.41. The Morgan fingerprint density at radius 1 is 1.28 bits per heavy atom. The van der Waals surface area contributed by atoms with Gasteiger partial charge in [-0.05, 0) is 36.8 Å². The average molecular weight is 364 g/mol. The van der Waals surface area contributed by atoms with E-state index in [4.69, 9.17) is 21.1 Å². The molecule has 0 radical (unpaired) electrons. The van der Waals surface area contributed by atoms with E-state index in [-0.39, 0.29) is 22.7 Å². The molecular formula is C19H19ClFNO3. The monoisotopic (exact) mass is 363 g/mol. The Bertz CT molecular complexity index is 746. The SMILES string of the molecule is COc1ccc(C2CN(C(=O)c3c(F)cccc3Cl)C(C)CO2)cc1. The molecule has 1 aliphatic heterocycles. The van der Waals surface area contributed by atoms with E-state index in [0.717, 1.165) is 11.3 Å². The molecule has 1 saturated heterocycles. The maximum absolute atomic E-state index is 14.1. The van der Waals surface area contributed by atoms with E-state index in [1.54, 1.807) is 12.0 Å². The first kappa shape index (κ1) is 17.7. The lowest BCUT2D eigenvalue weighted by Crippen LogP contribution is -2.48. The first-order valence-corrected chi connectivity index (χ1v) is 8.39. The van der Waals surface area contributed by atoms with Crippen molar-refractivity contribution in [3.8, 4) is 5.75 Å². The van der Waals surface area contributed by atoms with Gasteiger partial charge in [0.25, 0.3) is 5.91 Å². The van der Waals surface area contributed by atoms with Crippen LogP contribution in [0.1, 0.15) is 28.9 Å². The molecule has 0 N–H and O–H groups in total. The van der Waals surface area contributed by atoms with Crippen LogP contribution in [-0.2, 0) is 4.74 Å². The summed E-state index contributed by atoms with van der Waals surface area (Å²) < 4.78 is 25.1. The van der Waals surface area contributed by atoms with Crippen molar-refractivity contribution in [2.75, 3.05) is 20.3 Å². The highest BCUT2D eigenvalue weighted by Gasteiger charge is 2.33. The Balaban J connectivity index is 1.84. The number of nitrogens with zero attached hydrogens (tertiary/aromatic N) is 1. The highest BCUT2D eigenvalue weighted by molar-refractivity contribution is 6.33. The number of halogens is 2. The van der Waals surface area contributed by atoms with Gasteiger partial charge in [0.1, 0.15) is 17.7 Å². The van der Waals surface area contributed by atoms with Crippen LogP contribution < -0.4 is 4.74 Å². The quantitative estimate of drug-likeness (QED) is 0.824. The standard InChI is InChI=1S/C19H19ClFNO3/c1-12-11-25-17(13-6-8-14(24-2)9-7-13)10-22(12)19(23)18-15(20)4-3-5-16(18)21/h3-9,12,17H,10-11H2,1-2H3. The van der Waals surface area contributed by atoms with Crippen molar-refractivity contribution in [2.24, 2.45) is 0 Å². The van der Waals surface area contributed by atoms with Gasteiger partial charge in [-0.25, -0.2) is 4.39 Å². The van der Waals surface area contributed by atoms with Crippen LogP contribution in [0.5, 0.6) is 5.75 Å². The molecule has 25 heavy (non-hydrogen) atoms. The second kappa shape index (κ2) is 7.42. The van der Waals surface area contributed by atoms with E-state index in [9.17, 15) is 9.18 Å². The fraction of sp³-hybridized carbons (Fsp3) is 0.316. The van der Waals surface area contributed by atoms with E-state index >= 15 is 0 Å². The van der Waals surface area contributed by atoms with Crippen LogP contribution >= 0.6 is 11.6 Å². The molecule has 4 nitrogen and oxygen atoms in total. The highest BCUT2D eigenvalue weighted by Crippen LogP contribution is 2.29. The van der Waals surface area contributed by atoms with Crippen LogP contribution in [0, 0.1) is 5.82 Å². The number of carbonyl (C=O) groups excluding carboxylic acids is 1. The molecular weight excluding hydrogens is 345 g/mol. The van der Waals surface area contributed by atoms with Gasteiger partial charge < -0.3 is 14.4 Å². The Morgan fingerprint density at radius 3 is 2.64 bits per heavy atom. The highest BCUT2D eigenvalue weighted by atomic mass is 35.5. The zero-order valence-electron chi connectivity index (χ0n) is 14.0. The number of morpholine rings is 1. The van der Waals surface area contributed by atoms with Crippen molar-refractivity contribution in [2.45, 2.75) is 19.1 Å². The van der Waals surface area contributed by atoms with Crippen LogP contribution in [-0.4, -0.2) is 37.1 Å². The van der Waals surface area contributed by atoms with Crippen LogP contribution in [0.4, 0.5) is 4.39 Å². The Hall–Kier alpha value is -2.11. The summed E-state index contributed by atoms with van der Waals surface area (Å²) in [4.78, 5) is 14.5. The summed E-state index contributed by atoms with van der Waals surface area (Å²) in [5.41, 5.74) is 0.844. The molecule has 2 atom stereocenters. The number of ether oxygens (including phenoxy) is 2. The molecule has 0 saturated carbocycles. The van der Waals surface area contributed by atoms with Gasteiger partial charge in [0.15, 0.2) is 0 Å². The number of benzene rings is 2. The minimum absolute atomic E-state index is 0.0913. The zero-order valence-corrected chi connectivity index (χ0v) is 14.8. The molecule has 132 valence electrons. The molecule has 2 aromatic carbocycles. The summed E-state index contributed by atoms with van der Waals surface area (Å²) in [6.45, 7) is 2.57.